The zero-order valence-corrected chi connectivity index (χ0v) is 44.6. The Morgan fingerprint density at radius 1 is 0.457 bits per heavy atom. The van der Waals surface area contributed by atoms with Crippen LogP contribution in [-0.2, 0) is 19.3 Å². The number of allylic oxidation sites excluding steroid dienone is 1. The Morgan fingerprint density at radius 3 is 1.37 bits per heavy atom. The number of unbranched alkanes of at least 4 members (excludes halogenated alkanes) is 27. The Balaban J connectivity index is 1.03. The lowest BCUT2D eigenvalue weighted by molar-refractivity contribution is 0.556. The molecule has 0 saturated carbocycles. The lowest BCUT2D eigenvalue weighted by Crippen LogP contribution is -2.34. The highest BCUT2D eigenvalue weighted by atomic mass is 16.3. The van der Waals surface area contributed by atoms with Crippen LogP contribution >= 0.6 is 0 Å². The molecule has 4 aromatic carbocycles. The van der Waals surface area contributed by atoms with Crippen molar-refractivity contribution >= 4 is 22.9 Å². The Labute approximate surface area is 427 Å². The van der Waals surface area contributed by atoms with E-state index >= 15 is 0 Å². The quantitative estimate of drug-likeness (QED) is 0.0400. The molecule has 70 heavy (non-hydrogen) atoms. The Bertz CT molecular complexity index is 2180. The molecule has 0 saturated heterocycles. The molecule has 0 spiro atoms. The molecule has 1 unspecified atom stereocenters. The fourth-order valence-electron chi connectivity index (χ4n) is 10.4. The van der Waals surface area contributed by atoms with Gasteiger partial charge in [0.25, 0.3) is 0 Å². The number of fused-ring (bicyclic) bond motifs is 1. The lowest BCUT2D eigenvalue weighted by Gasteiger charge is -2.27. The fraction of sp³-hybridized carbons (Fsp3) is 0.561. The second-order valence-electron chi connectivity index (χ2n) is 21.0. The molecule has 1 atom stereocenters. The molecule has 4 nitrogen and oxygen atoms in total. The molecule has 1 aliphatic rings. The monoisotopic (exact) mass is 946 g/mol. The maximum atomic E-state index is 6.34. The summed E-state index contributed by atoms with van der Waals surface area (Å²) in [6.07, 6.45) is 51.4. The van der Waals surface area contributed by atoms with E-state index in [9.17, 15) is 0 Å². The van der Waals surface area contributed by atoms with Gasteiger partial charge in [-0.2, -0.15) is 0 Å². The molecule has 2 heterocycles. The Morgan fingerprint density at radius 2 is 0.886 bits per heavy atom. The van der Waals surface area contributed by atoms with Crippen molar-refractivity contribution in [1.82, 2.24) is 10.4 Å². The smallest absolute Gasteiger partial charge is 0.227 e. The van der Waals surface area contributed by atoms with Crippen molar-refractivity contribution in [3.8, 4) is 11.5 Å². The maximum Gasteiger partial charge on any atom is 0.227 e. The van der Waals surface area contributed by atoms with Gasteiger partial charge in [-0.1, -0.05) is 255 Å². The predicted octanol–water partition coefficient (Wildman–Crippen LogP) is 20.5. The number of benzene rings is 4. The fourth-order valence-corrected chi connectivity index (χ4v) is 10.4. The third-order valence-electron chi connectivity index (χ3n) is 14.9. The van der Waals surface area contributed by atoms with Crippen LogP contribution < -0.4 is 10.4 Å². The molecule has 0 radical (unpaired) electrons. The van der Waals surface area contributed by atoms with E-state index in [1.165, 1.54) is 227 Å². The molecule has 0 aliphatic carbocycles. The van der Waals surface area contributed by atoms with Crippen LogP contribution in [0.15, 0.2) is 113 Å². The molecule has 6 rings (SSSR count). The first-order chi connectivity index (χ1) is 34.6. The number of hydrogen-bond acceptors (Lipinski definition) is 4. The van der Waals surface area contributed by atoms with Gasteiger partial charge in [-0.05, 0) is 115 Å². The van der Waals surface area contributed by atoms with Crippen molar-refractivity contribution in [1.29, 1.82) is 0 Å². The van der Waals surface area contributed by atoms with Gasteiger partial charge in [0.15, 0.2) is 5.58 Å². The van der Waals surface area contributed by atoms with Crippen LogP contribution in [0.3, 0.4) is 0 Å². The molecule has 4 heteroatoms. The van der Waals surface area contributed by atoms with E-state index in [1.807, 2.05) is 0 Å². The van der Waals surface area contributed by atoms with Gasteiger partial charge in [0.1, 0.15) is 5.52 Å². The zero-order valence-electron chi connectivity index (χ0n) is 44.6. The van der Waals surface area contributed by atoms with Crippen LogP contribution in [0.1, 0.15) is 247 Å². The second-order valence-corrected chi connectivity index (χ2v) is 21.0. The number of hydrogen-bond donors (Lipinski definition) is 1. The number of nitrogens with one attached hydrogen (secondary N) is 1. The van der Waals surface area contributed by atoms with E-state index < -0.39 is 0 Å². The standard InChI is InChI=1S/C66H95N3O/c1-4-7-10-13-16-19-22-25-28-31-34-55-37-39-57(40-38-55)43-49-61-54-64(59-45-41-56(42-46-59)35-32-29-26-23-20-17-14-11-8-5-2)69(68-61)62-50-47-60(48-51-62)66-67-63-53-58(44-52-65(63)70-66)36-33-30-27-24-21-18-15-12-9-6-3/h37-54,64,68H,4-36H2,1-3H3. The van der Waals surface area contributed by atoms with Gasteiger partial charge in [0.05, 0.1) is 17.4 Å². The van der Waals surface area contributed by atoms with Crippen LogP contribution in [0.4, 0.5) is 5.69 Å². The molecular weight excluding hydrogens is 851 g/mol. The lowest BCUT2D eigenvalue weighted by atomic mass is 10.00. The number of aryl methyl sites for hydroxylation is 3. The van der Waals surface area contributed by atoms with Gasteiger partial charge in [-0.3, -0.25) is 10.4 Å². The Hall–Kier alpha value is -4.57. The van der Waals surface area contributed by atoms with Crippen molar-refractivity contribution in [2.24, 2.45) is 0 Å². The van der Waals surface area contributed by atoms with Crippen LogP contribution in [0.2, 0.25) is 0 Å². The predicted molar refractivity (Wildman–Crippen MR) is 304 cm³/mol. The van der Waals surface area contributed by atoms with E-state index in [2.05, 4.69) is 140 Å². The van der Waals surface area contributed by atoms with Gasteiger partial charge in [0, 0.05) is 5.56 Å². The van der Waals surface area contributed by atoms with Crippen LogP contribution in [-0.4, -0.2) is 4.98 Å². The summed E-state index contributed by atoms with van der Waals surface area (Å²) in [6.45, 7) is 6.89. The molecule has 5 aromatic rings. The van der Waals surface area contributed by atoms with Gasteiger partial charge >= 0.3 is 0 Å². The first-order valence-corrected chi connectivity index (χ1v) is 29.3. The molecular formula is C66H95N3O. The summed E-state index contributed by atoms with van der Waals surface area (Å²) in [6, 6.07) is 34.0. The van der Waals surface area contributed by atoms with Gasteiger partial charge < -0.3 is 4.42 Å². The van der Waals surface area contributed by atoms with Gasteiger partial charge in [-0.15, -0.1) is 0 Å². The summed E-state index contributed by atoms with van der Waals surface area (Å²) in [5.74, 6) is 0.679. The zero-order chi connectivity index (χ0) is 48.7. The first kappa shape index (κ1) is 54.8. The molecule has 0 bridgehead atoms. The molecule has 380 valence electrons. The normalized spacial score (nSPS) is 13.8. The highest BCUT2D eigenvalue weighted by Crippen LogP contribution is 2.35. The van der Waals surface area contributed by atoms with E-state index in [0.717, 1.165) is 40.9 Å². The molecule has 1 aromatic heterocycles. The summed E-state index contributed by atoms with van der Waals surface area (Å²) >= 11 is 0. The van der Waals surface area contributed by atoms with Gasteiger partial charge in [0.2, 0.25) is 5.89 Å². The van der Waals surface area contributed by atoms with E-state index in [4.69, 9.17) is 9.40 Å². The van der Waals surface area contributed by atoms with E-state index in [1.54, 1.807) is 0 Å². The largest absolute Gasteiger partial charge is 0.436 e. The topological polar surface area (TPSA) is 41.3 Å². The maximum absolute atomic E-state index is 6.34. The summed E-state index contributed by atoms with van der Waals surface area (Å²) in [5, 5.41) is 2.31. The first-order valence-electron chi connectivity index (χ1n) is 29.3. The number of rotatable bonds is 38. The van der Waals surface area contributed by atoms with Crippen molar-refractivity contribution in [2.75, 3.05) is 5.01 Å². The number of nitrogens with zero attached hydrogens (tertiary/aromatic N) is 2. The SMILES string of the molecule is CCCCCCCCCCCCc1ccc(C=CC2=CC(c3ccc(CCCCCCCCCCCC)cc3)N(c3ccc(-c4nc5cc(CCCCCCCCCCCC)ccc5o4)cc3)N2)cc1. The third kappa shape index (κ3) is 19.9. The van der Waals surface area contributed by atoms with Crippen LogP contribution in [0.5, 0.6) is 0 Å². The van der Waals surface area contributed by atoms with E-state index in [0.29, 0.717) is 5.89 Å². The minimum Gasteiger partial charge on any atom is -0.436 e. The average Bonchev–Trinajstić information content (AvgIpc) is 4.03. The second kappa shape index (κ2) is 33.1. The minimum absolute atomic E-state index is 0.0543. The molecule has 0 amide bonds. The van der Waals surface area contributed by atoms with E-state index in [-0.39, 0.29) is 6.04 Å². The highest BCUT2D eigenvalue weighted by molar-refractivity contribution is 5.77. The van der Waals surface area contributed by atoms with Crippen LogP contribution in [0, 0.1) is 0 Å². The number of aromatic nitrogens is 1. The summed E-state index contributed by atoms with van der Waals surface area (Å²) in [4.78, 5) is 4.99. The summed E-state index contributed by atoms with van der Waals surface area (Å²) in [5.41, 5.74) is 15.5. The summed E-state index contributed by atoms with van der Waals surface area (Å²) in [7, 11) is 0. The molecule has 0 fully saturated rings. The molecule has 1 N–H and O–H groups in total. The number of anilines is 1. The van der Waals surface area contributed by atoms with Crippen molar-refractivity contribution in [2.45, 2.75) is 239 Å². The summed E-state index contributed by atoms with van der Waals surface area (Å²) < 4.78 is 6.34. The van der Waals surface area contributed by atoms with Crippen molar-refractivity contribution < 1.29 is 4.42 Å². The van der Waals surface area contributed by atoms with Gasteiger partial charge in [-0.25, -0.2) is 4.98 Å². The number of hydrazine groups is 1. The highest BCUT2D eigenvalue weighted by Gasteiger charge is 2.26. The minimum atomic E-state index is 0.0543. The third-order valence-corrected chi connectivity index (χ3v) is 14.9. The average molecular weight is 947 g/mol. The molecule has 1 aliphatic heterocycles. The number of oxazole rings is 1. The van der Waals surface area contributed by atoms with Crippen molar-refractivity contribution in [3.05, 3.63) is 137 Å². The Kier molecular flexibility index (Phi) is 25.9. The van der Waals surface area contributed by atoms with Crippen LogP contribution in [0.25, 0.3) is 28.6 Å². The van der Waals surface area contributed by atoms with Crippen molar-refractivity contribution in [3.63, 3.8) is 0 Å².